The van der Waals surface area contributed by atoms with Crippen LogP contribution in [0.15, 0.2) is 83.9 Å². The number of nitrogens with two attached hydrogens (primary N) is 1. The third-order valence-corrected chi connectivity index (χ3v) is 7.08. The minimum atomic E-state index is -0.582. The fourth-order valence-electron chi connectivity index (χ4n) is 4.86. The quantitative estimate of drug-likeness (QED) is 0.328. The Morgan fingerprint density at radius 2 is 1.78 bits per heavy atom. The van der Waals surface area contributed by atoms with Crippen molar-refractivity contribution in [1.82, 2.24) is 34.3 Å². The molecule has 0 saturated heterocycles. The monoisotopic (exact) mass is 542 g/mol. The molecule has 0 fully saturated rings. The second kappa shape index (κ2) is 10.1. The van der Waals surface area contributed by atoms with Gasteiger partial charge in [-0.2, -0.15) is 10.2 Å². The number of nitrogen functional groups attached to an aromatic ring is 1. The number of fused-ring (bicyclic) bond motifs is 2. The summed E-state index contributed by atoms with van der Waals surface area (Å²) in [6, 6.07) is 19.6. The summed E-state index contributed by atoms with van der Waals surface area (Å²) >= 11 is 0. The van der Waals surface area contributed by atoms with Gasteiger partial charge in [0.15, 0.2) is 17.2 Å². The molecular weight excluding hydrogens is 516 g/mol. The van der Waals surface area contributed by atoms with Gasteiger partial charge in [0.25, 0.3) is 11.5 Å². The number of aryl methyl sites for hydroxylation is 1. The molecule has 3 N–H and O–H groups in total. The lowest BCUT2D eigenvalue weighted by molar-refractivity contribution is 0.0932. The fraction of sp³-hybridized carbons (Fsp3) is 0.129. The summed E-state index contributed by atoms with van der Waals surface area (Å²) in [7, 11) is 1.86. The summed E-state index contributed by atoms with van der Waals surface area (Å²) in [4.78, 5) is 31.9. The number of para-hydroxylation sites is 1. The van der Waals surface area contributed by atoms with Crippen LogP contribution in [0.1, 0.15) is 46.0 Å². The Labute approximate surface area is 235 Å². The Kier molecular flexibility index (Phi) is 6.32. The molecule has 2 aromatic carbocycles. The summed E-state index contributed by atoms with van der Waals surface area (Å²) in [6.07, 6.45) is 3.27. The molecule has 10 heteroatoms. The zero-order valence-electron chi connectivity index (χ0n) is 22.7. The topological polar surface area (TPSA) is 125 Å². The maximum atomic E-state index is 14.2. The number of imidazole rings is 1. The van der Waals surface area contributed by atoms with Gasteiger partial charge in [-0.15, -0.1) is 0 Å². The Balaban J connectivity index is 1.48. The van der Waals surface area contributed by atoms with Crippen LogP contribution in [-0.2, 0) is 7.05 Å². The molecule has 10 nitrogen and oxygen atoms in total. The highest BCUT2D eigenvalue weighted by Crippen LogP contribution is 2.24. The van der Waals surface area contributed by atoms with Crippen LogP contribution in [0.2, 0.25) is 0 Å². The van der Waals surface area contributed by atoms with Crippen molar-refractivity contribution in [2.45, 2.75) is 19.9 Å². The van der Waals surface area contributed by atoms with Crippen molar-refractivity contribution in [2.24, 2.45) is 7.05 Å². The predicted molar refractivity (Wildman–Crippen MR) is 157 cm³/mol. The van der Waals surface area contributed by atoms with Gasteiger partial charge in [0.1, 0.15) is 0 Å². The summed E-state index contributed by atoms with van der Waals surface area (Å²) in [5.74, 6) is 5.96. The molecule has 0 radical (unpaired) electrons. The number of pyridine rings is 1. The van der Waals surface area contributed by atoms with Gasteiger partial charge in [-0.3, -0.25) is 18.8 Å². The fourth-order valence-corrected chi connectivity index (χ4v) is 4.86. The van der Waals surface area contributed by atoms with Gasteiger partial charge in [-0.25, -0.2) is 9.50 Å². The molecule has 202 valence electrons. The van der Waals surface area contributed by atoms with Crippen molar-refractivity contribution in [3.63, 3.8) is 0 Å². The van der Waals surface area contributed by atoms with E-state index in [1.54, 1.807) is 33.8 Å². The molecule has 0 aliphatic heterocycles. The van der Waals surface area contributed by atoms with E-state index in [0.29, 0.717) is 33.4 Å². The van der Waals surface area contributed by atoms with Crippen molar-refractivity contribution in [3.8, 4) is 17.5 Å². The first kappa shape index (κ1) is 25.6. The molecule has 41 heavy (non-hydrogen) atoms. The number of nitrogens with one attached hydrogen (secondary N) is 1. The molecule has 0 unspecified atom stereocenters. The number of anilines is 1. The average Bonchev–Trinajstić information content (AvgIpc) is 3.49. The van der Waals surface area contributed by atoms with E-state index in [1.165, 1.54) is 4.52 Å². The molecule has 6 rings (SSSR count). The molecule has 4 aromatic heterocycles. The standard InChI is InChI=1S/C31H26N8O2/c1-19(35-30(40)28-29(32)36-26-13-8-16-33-39(26)28)25-17-22-10-7-9-21(14-15-23-18-34-37(3)20(23)2)27(22)31(41)38(25)24-11-5-4-6-12-24/h4-13,16-19H,32H2,1-3H3,(H,35,40)/t19-/m1/s1. The highest BCUT2D eigenvalue weighted by atomic mass is 16.2. The molecule has 0 bridgehead atoms. The van der Waals surface area contributed by atoms with Gasteiger partial charge < -0.3 is 11.1 Å². The smallest absolute Gasteiger partial charge is 0.274 e. The molecule has 0 spiro atoms. The third kappa shape index (κ3) is 4.49. The second-order valence-electron chi connectivity index (χ2n) is 9.67. The van der Waals surface area contributed by atoms with Crippen molar-refractivity contribution in [3.05, 3.63) is 118 Å². The van der Waals surface area contributed by atoms with E-state index in [0.717, 1.165) is 11.3 Å². The zero-order chi connectivity index (χ0) is 28.7. The normalized spacial score (nSPS) is 11.8. The first-order valence-electron chi connectivity index (χ1n) is 13.0. The third-order valence-electron chi connectivity index (χ3n) is 7.08. The number of rotatable bonds is 4. The van der Waals surface area contributed by atoms with Crippen molar-refractivity contribution < 1.29 is 4.79 Å². The highest BCUT2D eigenvalue weighted by molar-refractivity contribution is 5.98. The van der Waals surface area contributed by atoms with Crippen molar-refractivity contribution in [1.29, 1.82) is 0 Å². The maximum absolute atomic E-state index is 14.2. The number of nitrogens with zero attached hydrogens (tertiary/aromatic N) is 6. The Bertz CT molecular complexity index is 2080. The van der Waals surface area contributed by atoms with Crippen LogP contribution >= 0.6 is 0 Å². The summed E-state index contributed by atoms with van der Waals surface area (Å²) < 4.78 is 4.77. The lowest BCUT2D eigenvalue weighted by atomic mass is 10.0. The SMILES string of the molecule is Cc1c(C#Cc2cccc3cc([C@@H](C)NC(=O)c4c(N)nc5cccnn45)n(-c4ccccc4)c(=O)c23)cnn1C. The van der Waals surface area contributed by atoms with Crippen LogP contribution in [-0.4, -0.2) is 34.9 Å². The summed E-state index contributed by atoms with van der Waals surface area (Å²) in [6.45, 7) is 3.76. The van der Waals surface area contributed by atoms with Gasteiger partial charge in [-0.1, -0.05) is 42.2 Å². The molecule has 4 heterocycles. The number of amides is 1. The van der Waals surface area contributed by atoms with E-state index in [-0.39, 0.29) is 17.1 Å². The number of benzene rings is 2. The van der Waals surface area contributed by atoms with E-state index in [9.17, 15) is 9.59 Å². The highest BCUT2D eigenvalue weighted by Gasteiger charge is 2.23. The van der Waals surface area contributed by atoms with Crippen molar-refractivity contribution >= 4 is 28.1 Å². The minimum absolute atomic E-state index is 0.0689. The Hall–Kier alpha value is -5.69. The Morgan fingerprint density at radius 3 is 2.54 bits per heavy atom. The number of hydrogen-bond acceptors (Lipinski definition) is 6. The summed E-state index contributed by atoms with van der Waals surface area (Å²) in [5, 5.41) is 12.7. The van der Waals surface area contributed by atoms with Crippen LogP contribution in [0.4, 0.5) is 5.82 Å². The minimum Gasteiger partial charge on any atom is -0.382 e. The van der Waals surface area contributed by atoms with E-state index < -0.39 is 11.9 Å². The average molecular weight is 543 g/mol. The molecule has 0 aliphatic rings. The van der Waals surface area contributed by atoms with Crippen LogP contribution < -0.4 is 16.6 Å². The van der Waals surface area contributed by atoms with Crippen LogP contribution in [0, 0.1) is 18.8 Å². The van der Waals surface area contributed by atoms with Gasteiger partial charge in [-0.05, 0) is 55.6 Å². The van der Waals surface area contributed by atoms with Crippen LogP contribution in [0.25, 0.3) is 22.1 Å². The first-order chi connectivity index (χ1) is 19.8. The molecule has 0 aliphatic carbocycles. The lowest BCUT2D eigenvalue weighted by Crippen LogP contribution is -2.33. The van der Waals surface area contributed by atoms with Gasteiger partial charge in [0, 0.05) is 30.2 Å². The Morgan fingerprint density at radius 1 is 1.00 bits per heavy atom. The lowest BCUT2D eigenvalue weighted by Gasteiger charge is -2.21. The van der Waals surface area contributed by atoms with E-state index in [1.807, 2.05) is 75.5 Å². The van der Waals surface area contributed by atoms with Gasteiger partial charge in [0.2, 0.25) is 0 Å². The molecule has 0 saturated carbocycles. The molecule has 1 atom stereocenters. The van der Waals surface area contributed by atoms with Gasteiger partial charge >= 0.3 is 0 Å². The second-order valence-corrected chi connectivity index (χ2v) is 9.67. The zero-order valence-corrected chi connectivity index (χ0v) is 22.7. The number of carbonyl (C=O) groups excluding carboxylic acids is 1. The molecule has 1 amide bonds. The van der Waals surface area contributed by atoms with E-state index in [4.69, 9.17) is 5.73 Å². The molecule has 6 aromatic rings. The van der Waals surface area contributed by atoms with E-state index >= 15 is 0 Å². The maximum Gasteiger partial charge on any atom is 0.274 e. The van der Waals surface area contributed by atoms with E-state index in [2.05, 4.69) is 32.3 Å². The predicted octanol–water partition coefficient (Wildman–Crippen LogP) is 3.55. The molecular formula is C31H26N8O2. The van der Waals surface area contributed by atoms with Gasteiger partial charge in [0.05, 0.1) is 28.9 Å². The van der Waals surface area contributed by atoms with Crippen LogP contribution in [0.3, 0.4) is 0 Å². The first-order valence-corrected chi connectivity index (χ1v) is 13.0. The van der Waals surface area contributed by atoms with Crippen LogP contribution in [0.5, 0.6) is 0 Å². The number of hydrogen-bond donors (Lipinski definition) is 2. The number of carbonyl (C=O) groups is 1. The largest absolute Gasteiger partial charge is 0.382 e. The van der Waals surface area contributed by atoms with Crippen molar-refractivity contribution in [2.75, 3.05) is 5.73 Å². The number of aromatic nitrogens is 6. The summed E-state index contributed by atoms with van der Waals surface area (Å²) in [5.41, 5.74) is 10.0.